The Labute approximate surface area is 108 Å². The Morgan fingerprint density at radius 1 is 1.39 bits per heavy atom. The summed E-state index contributed by atoms with van der Waals surface area (Å²) < 4.78 is 5.30. The fraction of sp³-hybridized carbons (Fsp3) is 0.533. The molecular formula is C15H19NO2. The van der Waals surface area contributed by atoms with Gasteiger partial charge in [-0.15, -0.1) is 0 Å². The van der Waals surface area contributed by atoms with Crippen molar-refractivity contribution in [2.45, 2.75) is 38.3 Å². The Hall–Kier alpha value is -1.51. The summed E-state index contributed by atoms with van der Waals surface area (Å²) in [5.74, 6) is 0.583. The van der Waals surface area contributed by atoms with E-state index in [1.165, 1.54) is 5.56 Å². The van der Waals surface area contributed by atoms with Crippen LogP contribution >= 0.6 is 0 Å². The third-order valence-corrected chi connectivity index (χ3v) is 4.57. The molecule has 96 valence electrons. The Morgan fingerprint density at radius 2 is 2.06 bits per heavy atom. The highest BCUT2D eigenvalue weighted by molar-refractivity contribution is 5.72. The number of ether oxygens (including phenoxy) is 1. The maximum atomic E-state index is 12.1. The molecule has 1 saturated carbocycles. The van der Waals surface area contributed by atoms with Gasteiger partial charge >= 0.3 is 6.09 Å². The Bertz CT molecular complexity index is 455. The maximum absolute atomic E-state index is 12.1. The second kappa shape index (κ2) is 4.01. The summed E-state index contributed by atoms with van der Waals surface area (Å²) in [5.41, 5.74) is 1.21. The smallest absolute Gasteiger partial charge is 0.410 e. The summed E-state index contributed by atoms with van der Waals surface area (Å²) in [6.45, 7) is 4.87. The minimum Gasteiger partial charge on any atom is -0.447 e. The van der Waals surface area contributed by atoms with Gasteiger partial charge in [0.15, 0.2) is 0 Å². The minimum atomic E-state index is -0.143. The zero-order valence-electron chi connectivity index (χ0n) is 10.9. The molecule has 3 rings (SSSR count). The van der Waals surface area contributed by atoms with Crippen molar-refractivity contribution < 1.29 is 9.53 Å². The molecule has 1 saturated heterocycles. The summed E-state index contributed by atoms with van der Waals surface area (Å²) in [7, 11) is 0. The molecule has 3 heteroatoms. The van der Waals surface area contributed by atoms with Crippen LogP contribution in [0.25, 0.3) is 0 Å². The van der Waals surface area contributed by atoms with E-state index in [-0.39, 0.29) is 17.7 Å². The Morgan fingerprint density at radius 3 is 2.61 bits per heavy atom. The monoisotopic (exact) mass is 245 g/mol. The van der Waals surface area contributed by atoms with Gasteiger partial charge in [0.05, 0.1) is 6.04 Å². The number of carbonyl (C=O) groups excluding carboxylic acids is 1. The van der Waals surface area contributed by atoms with Crippen LogP contribution in [0.1, 0.15) is 38.3 Å². The van der Waals surface area contributed by atoms with Crippen molar-refractivity contribution >= 4 is 6.09 Å². The summed E-state index contributed by atoms with van der Waals surface area (Å²) >= 11 is 0. The van der Waals surface area contributed by atoms with Crippen LogP contribution in [0.5, 0.6) is 0 Å². The van der Waals surface area contributed by atoms with Gasteiger partial charge in [-0.25, -0.2) is 4.79 Å². The topological polar surface area (TPSA) is 29.5 Å². The first kappa shape index (κ1) is 11.6. The van der Waals surface area contributed by atoms with Crippen molar-refractivity contribution in [2.75, 3.05) is 6.61 Å². The molecule has 1 aliphatic heterocycles. The van der Waals surface area contributed by atoms with Crippen LogP contribution in [0.15, 0.2) is 30.3 Å². The molecule has 2 fully saturated rings. The minimum absolute atomic E-state index is 0.0358. The predicted octanol–water partition coefficient (Wildman–Crippen LogP) is 3.37. The first-order valence-corrected chi connectivity index (χ1v) is 6.70. The first-order chi connectivity index (χ1) is 8.69. The summed E-state index contributed by atoms with van der Waals surface area (Å²) in [5, 5.41) is 0. The SMILES string of the molecule is CC[C@]1(N2C(=O)OC[C@H]2c2ccccc2)C[C@H]1C. The average molecular weight is 245 g/mol. The van der Waals surface area contributed by atoms with Gasteiger partial charge in [0, 0.05) is 5.54 Å². The Kier molecular flexibility index (Phi) is 2.58. The molecule has 18 heavy (non-hydrogen) atoms. The fourth-order valence-corrected chi connectivity index (χ4v) is 3.30. The van der Waals surface area contributed by atoms with Crippen molar-refractivity contribution in [3.8, 4) is 0 Å². The Balaban J connectivity index is 1.94. The number of hydrogen-bond donors (Lipinski definition) is 0. The predicted molar refractivity (Wildman–Crippen MR) is 69.2 cm³/mol. The van der Waals surface area contributed by atoms with E-state index in [1.54, 1.807) is 0 Å². The highest BCUT2D eigenvalue weighted by atomic mass is 16.6. The molecule has 1 aliphatic carbocycles. The third kappa shape index (κ3) is 1.53. The van der Waals surface area contributed by atoms with Gasteiger partial charge in [0.2, 0.25) is 0 Å². The largest absolute Gasteiger partial charge is 0.447 e. The molecule has 0 bridgehead atoms. The van der Waals surface area contributed by atoms with Crippen molar-refractivity contribution in [1.29, 1.82) is 0 Å². The molecule has 0 spiro atoms. The van der Waals surface area contributed by atoms with E-state index < -0.39 is 0 Å². The number of cyclic esters (lactones) is 1. The molecular weight excluding hydrogens is 226 g/mol. The first-order valence-electron chi connectivity index (χ1n) is 6.70. The van der Waals surface area contributed by atoms with E-state index in [4.69, 9.17) is 4.74 Å². The number of benzene rings is 1. The van der Waals surface area contributed by atoms with Crippen LogP contribution in [-0.4, -0.2) is 23.1 Å². The average Bonchev–Trinajstić information content (AvgIpc) is 2.89. The zero-order chi connectivity index (χ0) is 12.8. The van der Waals surface area contributed by atoms with Gasteiger partial charge < -0.3 is 4.74 Å². The molecule has 0 unspecified atom stereocenters. The lowest BCUT2D eigenvalue weighted by Gasteiger charge is -2.31. The third-order valence-electron chi connectivity index (χ3n) is 4.57. The molecule has 2 aliphatic rings. The number of nitrogens with zero attached hydrogens (tertiary/aromatic N) is 1. The summed E-state index contributed by atoms with van der Waals surface area (Å²) in [6, 6.07) is 10.3. The number of amides is 1. The van der Waals surface area contributed by atoms with Crippen LogP contribution in [0.2, 0.25) is 0 Å². The van der Waals surface area contributed by atoms with Gasteiger partial charge in [0.25, 0.3) is 0 Å². The second-order valence-electron chi connectivity index (χ2n) is 5.44. The van der Waals surface area contributed by atoms with Crippen molar-refractivity contribution in [2.24, 2.45) is 5.92 Å². The standard InChI is InChI=1S/C15H19NO2/c1-3-15(9-11(15)2)16-13(10-18-14(16)17)12-7-5-4-6-8-12/h4-8,11,13H,3,9-10H2,1-2H3/t11-,13+,15+/m1/s1. The molecule has 0 N–H and O–H groups in total. The van der Waals surface area contributed by atoms with Crippen LogP contribution in [-0.2, 0) is 4.74 Å². The van der Waals surface area contributed by atoms with E-state index in [1.807, 2.05) is 23.1 Å². The normalized spacial score (nSPS) is 34.6. The molecule has 0 radical (unpaired) electrons. The molecule has 1 heterocycles. The number of hydrogen-bond acceptors (Lipinski definition) is 2. The summed E-state index contributed by atoms with van der Waals surface area (Å²) in [4.78, 5) is 14.0. The van der Waals surface area contributed by atoms with Crippen LogP contribution < -0.4 is 0 Å². The van der Waals surface area contributed by atoms with Gasteiger partial charge in [-0.2, -0.15) is 0 Å². The van der Waals surface area contributed by atoms with Gasteiger partial charge in [0.1, 0.15) is 6.61 Å². The second-order valence-corrected chi connectivity index (χ2v) is 5.44. The molecule has 1 amide bonds. The van der Waals surface area contributed by atoms with E-state index in [0.29, 0.717) is 12.5 Å². The molecule has 3 nitrogen and oxygen atoms in total. The van der Waals surface area contributed by atoms with Crippen LogP contribution in [0.4, 0.5) is 4.79 Å². The van der Waals surface area contributed by atoms with E-state index in [2.05, 4.69) is 26.0 Å². The molecule has 0 aromatic heterocycles. The van der Waals surface area contributed by atoms with Crippen molar-refractivity contribution in [1.82, 2.24) is 4.90 Å². The lowest BCUT2D eigenvalue weighted by Crippen LogP contribution is -2.40. The molecule has 1 aromatic carbocycles. The van der Waals surface area contributed by atoms with E-state index in [0.717, 1.165) is 12.8 Å². The van der Waals surface area contributed by atoms with E-state index in [9.17, 15) is 4.79 Å². The van der Waals surface area contributed by atoms with E-state index >= 15 is 0 Å². The number of carbonyl (C=O) groups is 1. The summed E-state index contributed by atoms with van der Waals surface area (Å²) in [6.07, 6.45) is 1.96. The maximum Gasteiger partial charge on any atom is 0.410 e. The van der Waals surface area contributed by atoms with Crippen molar-refractivity contribution in [3.63, 3.8) is 0 Å². The fourth-order valence-electron chi connectivity index (χ4n) is 3.30. The molecule has 3 atom stereocenters. The highest BCUT2D eigenvalue weighted by Gasteiger charge is 2.60. The molecule has 1 aromatic rings. The van der Waals surface area contributed by atoms with Crippen molar-refractivity contribution in [3.05, 3.63) is 35.9 Å². The quantitative estimate of drug-likeness (QED) is 0.817. The highest BCUT2D eigenvalue weighted by Crippen LogP contribution is 2.55. The van der Waals surface area contributed by atoms with Crippen LogP contribution in [0, 0.1) is 5.92 Å². The lowest BCUT2D eigenvalue weighted by molar-refractivity contribution is 0.132. The van der Waals surface area contributed by atoms with Gasteiger partial charge in [-0.05, 0) is 24.3 Å². The lowest BCUT2D eigenvalue weighted by atomic mass is 10.0. The van der Waals surface area contributed by atoms with Gasteiger partial charge in [-0.3, -0.25) is 4.90 Å². The zero-order valence-corrected chi connectivity index (χ0v) is 10.9. The van der Waals surface area contributed by atoms with Gasteiger partial charge in [-0.1, -0.05) is 44.2 Å². The number of rotatable bonds is 3. The van der Waals surface area contributed by atoms with Crippen LogP contribution in [0.3, 0.4) is 0 Å².